The summed E-state index contributed by atoms with van der Waals surface area (Å²) in [5.41, 5.74) is 0.970. The fourth-order valence-electron chi connectivity index (χ4n) is 1.75. The zero-order valence-electron chi connectivity index (χ0n) is 8.70. The molecule has 1 saturated heterocycles. The predicted octanol–water partition coefficient (Wildman–Crippen LogP) is 0.583. The Bertz CT molecular complexity index is 295. The summed E-state index contributed by atoms with van der Waals surface area (Å²) in [4.78, 5) is 10.9. The molecule has 1 fully saturated rings. The molecule has 4 nitrogen and oxygen atoms in total. The number of anilines is 1. The van der Waals surface area contributed by atoms with E-state index in [1.54, 1.807) is 0 Å². The van der Waals surface area contributed by atoms with Crippen LogP contribution in [0.2, 0.25) is 0 Å². The summed E-state index contributed by atoms with van der Waals surface area (Å²) >= 11 is 0. The van der Waals surface area contributed by atoms with Gasteiger partial charge >= 0.3 is 0 Å². The fourth-order valence-corrected chi connectivity index (χ4v) is 1.75. The minimum atomic E-state index is 0.595. The number of likely N-dealkylation sites (N-methyl/N-ethyl adjacent to an activating group) is 1. The minimum absolute atomic E-state index is 0.595. The lowest BCUT2D eigenvalue weighted by atomic mass is 10.3. The Morgan fingerprint density at radius 2 is 2.29 bits per heavy atom. The molecule has 14 heavy (non-hydrogen) atoms. The molecule has 0 aromatic carbocycles. The van der Waals surface area contributed by atoms with Crippen molar-refractivity contribution in [2.45, 2.75) is 19.4 Å². The van der Waals surface area contributed by atoms with Crippen LogP contribution in [-0.4, -0.2) is 36.1 Å². The maximum atomic E-state index is 4.36. The highest BCUT2D eigenvalue weighted by molar-refractivity contribution is 5.37. The van der Waals surface area contributed by atoms with Gasteiger partial charge in [-0.05, 0) is 20.4 Å². The Morgan fingerprint density at radius 1 is 1.43 bits per heavy atom. The normalized spacial score (nSPS) is 21.6. The summed E-state index contributed by atoms with van der Waals surface area (Å²) in [6, 6.07) is 0.595. The molecule has 1 aromatic heterocycles. The third-order valence-electron chi connectivity index (χ3n) is 2.69. The highest BCUT2D eigenvalue weighted by atomic mass is 15.2. The van der Waals surface area contributed by atoms with Gasteiger partial charge in [-0.2, -0.15) is 0 Å². The van der Waals surface area contributed by atoms with Gasteiger partial charge in [-0.3, -0.25) is 4.98 Å². The van der Waals surface area contributed by atoms with Crippen LogP contribution in [0.25, 0.3) is 0 Å². The Kier molecular flexibility index (Phi) is 2.63. The molecule has 1 N–H and O–H groups in total. The number of aromatic nitrogens is 2. The van der Waals surface area contributed by atoms with Crippen molar-refractivity contribution in [1.82, 2.24) is 15.3 Å². The van der Waals surface area contributed by atoms with Gasteiger partial charge in [0.25, 0.3) is 0 Å². The topological polar surface area (TPSA) is 41.0 Å². The van der Waals surface area contributed by atoms with E-state index in [2.05, 4.69) is 20.2 Å². The van der Waals surface area contributed by atoms with E-state index in [0.29, 0.717) is 6.04 Å². The first kappa shape index (κ1) is 9.40. The van der Waals surface area contributed by atoms with Crippen molar-refractivity contribution in [3.05, 3.63) is 18.1 Å². The molecule has 1 atom stereocenters. The number of nitrogens with zero attached hydrogens (tertiary/aromatic N) is 3. The van der Waals surface area contributed by atoms with E-state index in [-0.39, 0.29) is 0 Å². The lowest BCUT2D eigenvalue weighted by Crippen LogP contribution is -2.29. The van der Waals surface area contributed by atoms with Crippen molar-refractivity contribution in [2.75, 3.05) is 25.0 Å². The molecule has 2 heterocycles. The van der Waals surface area contributed by atoms with Gasteiger partial charge in [-0.15, -0.1) is 0 Å². The first-order chi connectivity index (χ1) is 6.79. The monoisotopic (exact) mass is 192 g/mol. The van der Waals surface area contributed by atoms with Gasteiger partial charge in [-0.1, -0.05) is 0 Å². The van der Waals surface area contributed by atoms with Crippen molar-refractivity contribution in [3.8, 4) is 0 Å². The lowest BCUT2D eigenvalue weighted by Gasteiger charge is -2.16. The molecular formula is C10H16N4. The maximum Gasteiger partial charge on any atom is 0.147 e. The molecule has 76 valence electrons. The Morgan fingerprint density at radius 3 is 2.86 bits per heavy atom. The molecule has 0 amide bonds. The van der Waals surface area contributed by atoms with Crippen molar-refractivity contribution in [3.63, 3.8) is 0 Å². The van der Waals surface area contributed by atoms with E-state index in [9.17, 15) is 0 Å². The lowest BCUT2D eigenvalue weighted by molar-refractivity contribution is 0.616. The highest BCUT2D eigenvalue weighted by Crippen LogP contribution is 2.16. The number of nitrogens with one attached hydrogen (secondary N) is 1. The molecule has 4 heteroatoms. The Balaban J connectivity index is 2.06. The van der Waals surface area contributed by atoms with Crippen molar-refractivity contribution < 1.29 is 0 Å². The van der Waals surface area contributed by atoms with Crippen LogP contribution in [0.15, 0.2) is 12.4 Å². The van der Waals surface area contributed by atoms with Crippen molar-refractivity contribution in [2.24, 2.45) is 0 Å². The summed E-state index contributed by atoms with van der Waals surface area (Å²) in [6.07, 6.45) is 4.86. The van der Waals surface area contributed by atoms with E-state index in [1.807, 2.05) is 26.4 Å². The first-order valence-electron chi connectivity index (χ1n) is 5.00. The van der Waals surface area contributed by atoms with Gasteiger partial charge in [0.2, 0.25) is 0 Å². The number of hydrogen-bond acceptors (Lipinski definition) is 4. The van der Waals surface area contributed by atoms with Crippen molar-refractivity contribution in [1.29, 1.82) is 0 Å². The molecule has 1 aromatic rings. The summed E-state index contributed by atoms with van der Waals surface area (Å²) in [7, 11) is 2.01. The predicted molar refractivity (Wildman–Crippen MR) is 56.4 cm³/mol. The smallest absolute Gasteiger partial charge is 0.147 e. The fraction of sp³-hybridized carbons (Fsp3) is 0.600. The third kappa shape index (κ3) is 1.85. The third-order valence-corrected chi connectivity index (χ3v) is 2.69. The molecule has 0 spiro atoms. The summed E-state index contributed by atoms with van der Waals surface area (Å²) < 4.78 is 0. The van der Waals surface area contributed by atoms with Crippen LogP contribution in [0, 0.1) is 6.92 Å². The van der Waals surface area contributed by atoms with Crippen LogP contribution in [0.3, 0.4) is 0 Å². The van der Waals surface area contributed by atoms with Crippen LogP contribution >= 0.6 is 0 Å². The standard InChI is InChI=1S/C10H16N4/c1-8-5-13-10(6-12-8)14-4-3-9(7-14)11-2/h5-6,9,11H,3-4,7H2,1-2H3. The zero-order chi connectivity index (χ0) is 9.97. The molecule has 1 unspecified atom stereocenters. The van der Waals surface area contributed by atoms with Gasteiger partial charge in [0.15, 0.2) is 0 Å². The number of rotatable bonds is 2. The summed E-state index contributed by atoms with van der Waals surface area (Å²) in [5.74, 6) is 0.994. The van der Waals surface area contributed by atoms with Crippen LogP contribution in [-0.2, 0) is 0 Å². The zero-order valence-corrected chi connectivity index (χ0v) is 8.70. The first-order valence-corrected chi connectivity index (χ1v) is 5.00. The highest BCUT2D eigenvalue weighted by Gasteiger charge is 2.21. The van der Waals surface area contributed by atoms with Crippen LogP contribution < -0.4 is 10.2 Å². The average molecular weight is 192 g/mol. The number of hydrogen-bond donors (Lipinski definition) is 1. The molecule has 0 radical (unpaired) electrons. The van der Waals surface area contributed by atoms with Gasteiger partial charge < -0.3 is 10.2 Å². The molecular weight excluding hydrogens is 176 g/mol. The van der Waals surface area contributed by atoms with E-state index >= 15 is 0 Å². The minimum Gasteiger partial charge on any atom is -0.354 e. The molecule has 1 aliphatic heterocycles. The van der Waals surface area contributed by atoms with Gasteiger partial charge in [0, 0.05) is 19.1 Å². The van der Waals surface area contributed by atoms with Crippen LogP contribution in [0.4, 0.5) is 5.82 Å². The SMILES string of the molecule is CNC1CCN(c2cnc(C)cn2)C1. The average Bonchev–Trinajstić information content (AvgIpc) is 2.67. The second-order valence-corrected chi connectivity index (χ2v) is 3.74. The molecule has 2 rings (SSSR count). The van der Waals surface area contributed by atoms with Gasteiger partial charge in [0.1, 0.15) is 5.82 Å². The van der Waals surface area contributed by atoms with Gasteiger partial charge in [0.05, 0.1) is 18.1 Å². The second kappa shape index (κ2) is 3.92. The molecule has 0 aliphatic carbocycles. The number of aryl methyl sites for hydroxylation is 1. The largest absolute Gasteiger partial charge is 0.354 e. The maximum absolute atomic E-state index is 4.36. The van der Waals surface area contributed by atoms with Crippen LogP contribution in [0.5, 0.6) is 0 Å². The molecule has 0 bridgehead atoms. The van der Waals surface area contributed by atoms with E-state index in [0.717, 1.165) is 24.6 Å². The Hall–Kier alpha value is -1.16. The van der Waals surface area contributed by atoms with E-state index in [4.69, 9.17) is 0 Å². The second-order valence-electron chi connectivity index (χ2n) is 3.74. The van der Waals surface area contributed by atoms with E-state index < -0.39 is 0 Å². The summed E-state index contributed by atoms with van der Waals surface area (Å²) in [5, 5.41) is 3.29. The quantitative estimate of drug-likeness (QED) is 0.744. The molecule has 1 aliphatic rings. The summed E-state index contributed by atoms with van der Waals surface area (Å²) in [6.45, 7) is 4.06. The van der Waals surface area contributed by atoms with Crippen molar-refractivity contribution >= 4 is 5.82 Å². The van der Waals surface area contributed by atoms with E-state index in [1.165, 1.54) is 6.42 Å². The Labute approximate surface area is 84.4 Å². The van der Waals surface area contributed by atoms with Gasteiger partial charge in [-0.25, -0.2) is 4.98 Å². The molecule has 0 saturated carbocycles. The van der Waals surface area contributed by atoms with Crippen LogP contribution in [0.1, 0.15) is 12.1 Å².